The molecule has 0 aliphatic rings. The fourth-order valence-electron chi connectivity index (χ4n) is 2.15. The maximum absolute atomic E-state index is 13.1. The summed E-state index contributed by atoms with van der Waals surface area (Å²) in [5.41, 5.74) is -1.87. The minimum Gasteiger partial charge on any atom is -0.385 e. The molecule has 0 unspecified atom stereocenters. The van der Waals surface area contributed by atoms with E-state index in [0.29, 0.717) is 19.6 Å². The predicted octanol–water partition coefficient (Wildman–Crippen LogP) is 3.01. The van der Waals surface area contributed by atoms with Gasteiger partial charge in [-0.15, -0.1) is 5.10 Å². The molecule has 2 rings (SSSR count). The van der Waals surface area contributed by atoms with Crippen molar-refractivity contribution in [2.24, 2.45) is 0 Å². The number of nitrogens with one attached hydrogen (secondary N) is 2. The minimum atomic E-state index is -4.66. The Kier molecular flexibility index (Phi) is 7.33. The molecule has 1 amide bonds. The summed E-state index contributed by atoms with van der Waals surface area (Å²) in [5.74, 6) is -0.902. The van der Waals surface area contributed by atoms with Crippen LogP contribution in [0.5, 0.6) is 0 Å². The number of H-pyrrole nitrogens is 1. The minimum absolute atomic E-state index is 0.0914. The molecule has 2 aromatic rings. The van der Waals surface area contributed by atoms with Crippen LogP contribution in [0.25, 0.3) is 0 Å². The molecule has 0 aliphatic carbocycles. The van der Waals surface area contributed by atoms with Crippen LogP contribution in [-0.2, 0) is 22.3 Å². The molecule has 1 aromatic heterocycles. The summed E-state index contributed by atoms with van der Waals surface area (Å²) >= 11 is 6.53. The number of amides is 1. The van der Waals surface area contributed by atoms with Crippen LogP contribution in [-0.4, -0.2) is 40.1 Å². The smallest absolute Gasteiger partial charge is 0.385 e. The van der Waals surface area contributed by atoms with Gasteiger partial charge in [0.1, 0.15) is 0 Å². The summed E-state index contributed by atoms with van der Waals surface area (Å²) in [6.07, 6.45) is -4.10. The average molecular weight is 425 g/mol. The lowest BCUT2D eigenvalue weighted by molar-refractivity contribution is -0.137. The molecule has 2 N–H and O–H groups in total. The second-order valence-electron chi connectivity index (χ2n) is 5.33. The number of hydrogen-bond acceptors (Lipinski definition) is 5. The fraction of sp³-hybridized carbons (Fsp3) is 0.400. The first-order valence-electron chi connectivity index (χ1n) is 7.66. The van der Waals surface area contributed by atoms with Crippen molar-refractivity contribution in [2.45, 2.75) is 24.3 Å². The van der Waals surface area contributed by atoms with Crippen molar-refractivity contribution in [1.29, 1.82) is 0 Å². The Labute approximate surface area is 161 Å². The standard InChI is InChI=1S/C15H16ClF3N4O3S/c1-26-6-2-5-23-13(25)21-22-14(23)27-8-12(24)20-11-4-3-9(16)7-10(11)15(17,18)19/h3-4,7H,2,5-6,8H2,1H3,(H,20,24)(H,21,25). The zero-order valence-electron chi connectivity index (χ0n) is 14.1. The Morgan fingerprint density at radius 1 is 1.44 bits per heavy atom. The van der Waals surface area contributed by atoms with Gasteiger partial charge < -0.3 is 10.1 Å². The largest absolute Gasteiger partial charge is 0.418 e. The Bertz CT molecular complexity index is 854. The van der Waals surface area contributed by atoms with E-state index in [4.69, 9.17) is 16.3 Å². The molecule has 0 saturated heterocycles. The molecular weight excluding hydrogens is 409 g/mol. The predicted molar refractivity (Wildman–Crippen MR) is 95.1 cm³/mol. The van der Waals surface area contributed by atoms with Crippen molar-refractivity contribution in [2.75, 3.05) is 24.8 Å². The topological polar surface area (TPSA) is 89.0 Å². The molecule has 0 spiro atoms. The number of halogens is 4. The van der Waals surface area contributed by atoms with Crippen molar-refractivity contribution >= 4 is 35.0 Å². The molecule has 27 heavy (non-hydrogen) atoms. The lowest BCUT2D eigenvalue weighted by Crippen LogP contribution is -2.20. The van der Waals surface area contributed by atoms with Crippen molar-refractivity contribution in [3.8, 4) is 0 Å². The maximum Gasteiger partial charge on any atom is 0.418 e. The Morgan fingerprint density at radius 2 is 2.19 bits per heavy atom. The van der Waals surface area contributed by atoms with E-state index in [-0.39, 0.29) is 15.9 Å². The molecule has 1 aromatic carbocycles. The van der Waals surface area contributed by atoms with Crippen molar-refractivity contribution in [3.05, 3.63) is 39.3 Å². The number of benzene rings is 1. The van der Waals surface area contributed by atoms with E-state index in [2.05, 4.69) is 15.5 Å². The number of nitrogens with zero attached hydrogens (tertiary/aromatic N) is 2. The number of carbonyl (C=O) groups is 1. The van der Waals surface area contributed by atoms with Crippen LogP contribution in [0.2, 0.25) is 5.02 Å². The van der Waals surface area contributed by atoms with Gasteiger partial charge >= 0.3 is 11.9 Å². The number of anilines is 1. The highest BCUT2D eigenvalue weighted by Crippen LogP contribution is 2.36. The van der Waals surface area contributed by atoms with E-state index in [1.807, 2.05) is 0 Å². The van der Waals surface area contributed by atoms with Crippen molar-refractivity contribution in [1.82, 2.24) is 14.8 Å². The number of aromatic nitrogens is 3. The van der Waals surface area contributed by atoms with Gasteiger partial charge in [-0.25, -0.2) is 9.89 Å². The summed E-state index contributed by atoms with van der Waals surface area (Å²) in [5, 5.41) is 8.47. The lowest BCUT2D eigenvalue weighted by atomic mass is 10.1. The first kappa shape index (κ1) is 21.3. The van der Waals surface area contributed by atoms with Gasteiger partial charge in [0.25, 0.3) is 0 Å². The highest BCUT2D eigenvalue weighted by Gasteiger charge is 2.34. The second-order valence-corrected chi connectivity index (χ2v) is 6.71. The Balaban J connectivity index is 2.03. The number of thioether (sulfide) groups is 1. The normalized spacial score (nSPS) is 11.6. The zero-order valence-corrected chi connectivity index (χ0v) is 15.7. The molecule has 1 heterocycles. The molecule has 0 aliphatic heterocycles. The number of carbonyl (C=O) groups excluding carboxylic acids is 1. The number of aromatic amines is 1. The van der Waals surface area contributed by atoms with Gasteiger partial charge in [0.2, 0.25) is 5.91 Å². The first-order chi connectivity index (χ1) is 12.7. The molecule has 0 radical (unpaired) electrons. The molecule has 12 heteroatoms. The van der Waals surface area contributed by atoms with Gasteiger partial charge in [0, 0.05) is 25.3 Å². The van der Waals surface area contributed by atoms with Crippen LogP contribution in [0.1, 0.15) is 12.0 Å². The van der Waals surface area contributed by atoms with Crippen LogP contribution in [0.3, 0.4) is 0 Å². The first-order valence-corrected chi connectivity index (χ1v) is 9.02. The number of methoxy groups -OCH3 is 1. The zero-order chi connectivity index (χ0) is 20.0. The Morgan fingerprint density at radius 3 is 2.85 bits per heavy atom. The van der Waals surface area contributed by atoms with Crippen LogP contribution < -0.4 is 11.0 Å². The second kappa shape index (κ2) is 9.29. The molecular formula is C15H16ClF3N4O3S. The highest BCUT2D eigenvalue weighted by molar-refractivity contribution is 7.99. The van der Waals surface area contributed by atoms with E-state index in [1.54, 1.807) is 0 Å². The van der Waals surface area contributed by atoms with E-state index < -0.39 is 29.0 Å². The molecule has 0 atom stereocenters. The molecule has 0 bridgehead atoms. The summed E-state index contributed by atoms with van der Waals surface area (Å²) in [6, 6.07) is 3.08. The molecule has 0 saturated carbocycles. The SMILES string of the molecule is COCCCn1c(SCC(=O)Nc2ccc(Cl)cc2C(F)(F)F)n[nH]c1=O. The molecule has 148 valence electrons. The van der Waals surface area contributed by atoms with Gasteiger partial charge in [0.05, 0.1) is 17.0 Å². The summed E-state index contributed by atoms with van der Waals surface area (Å²) in [4.78, 5) is 23.8. The van der Waals surface area contributed by atoms with Crippen LogP contribution in [0.15, 0.2) is 28.2 Å². The number of hydrogen-bond donors (Lipinski definition) is 2. The van der Waals surface area contributed by atoms with Gasteiger partial charge in [-0.1, -0.05) is 23.4 Å². The maximum atomic E-state index is 13.1. The number of ether oxygens (including phenoxy) is 1. The third-order valence-electron chi connectivity index (χ3n) is 3.35. The number of rotatable bonds is 8. The van der Waals surface area contributed by atoms with Gasteiger partial charge in [0.15, 0.2) is 5.16 Å². The van der Waals surface area contributed by atoms with E-state index >= 15 is 0 Å². The average Bonchev–Trinajstić information content (AvgIpc) is 2.94. The van der Waals surface area contributed by atoms with E-state index in [1.165, 1.54) is 17.7 Å². The number of alkyl halides is 3. The monoisotopic (exact) mass is 424 g/mol. The van der Waals surface area contributed by atoms with Crippen LogP contribution in [0.4, 0.5) is 18.9 Å². The fourth-order valence-corrected chi connectivity index (χ4v) is 3.10. The third kappa shape index (κ3) is 6.01. The summed E-state index contributed by atoms with van der Waals surface area (Å²) < 4.78 is 45.4. The van der Waals surface area contributed by atoms with Crippen LogP contribution in [0, 0.1) is 0 Å². The summed E-state index contributed by atoms with van der Waals surface area (Å²) in [7, 11) is 1.53. The molecule has 0 fully saturated rings. The van der Waals surface area contributed by atoms with Gasteiger partial charge in [-0.3, -0.25) is 9.36 Å². The Hall–Kier alpha value is -1.98. The van der Waals surface area contributed by atoms with E-state index in [0.717, 1.165) is 23.9 Å². The van der Waals surface area contributed by atoms with E-state index in [9.17, 15) is 22.8 Å². The van der Waals surface area contributed by atoms with Gasteiger partial charge in [-0.05, 0) is 24.6 Å². The highest BCUT2D eigenvalue weighted by atomic mass is 35.5. The summed E-state index contributed by atoms with van der Waals surface area (Å²) in [6.45, 7) is 0.779. The van der Waals surface area contributed by atoms with Crippen molar-refractivity contribution in [3.63, 3.8) is 0 Å². The quantitative estimate of drug-likeness (QED) is 0.502. The van der Waals surface area contributed by atoms with Crippen LogP contribution >= 0.6 is 23.4 Å². The third-order valence-corrected chi connectivity index (χ3v) is 4.56. The van der Waals surface area contributed by atoms with Gasteiger partial charge in [-0.2, -0.15) is 13.2 Å². The van der Waals surface area contributed by atoms with Crippen molar-refractivity contribution < 1.29 is 22.7 Å². The lowest BCUT2D eigenvalue weighted by Gasteiger charge is -2.14. The molecule has 7 nitrogen and oxygen atoms in total.